The predicted molar refractivity (Wildman–Crippen MR) is 84.1 cm³/mol. The minimum absolute atomic E-state index is 0.0665. The maximum absolute atomic E-state index is 12.3. The summed E-state index contributed by atoms with van der Waals surface area (Å²) in [6, 6.07) is 3.83. The summed E-state index contributed by atoms with van der Waals surface area (Å²) in [6.07, 6.45) is 1.64. The predicted octanol–water partition coefficient (Wildman–Crippen LogP) is 3.86. The van der Waals surface area contributed by atoms with Crippen molar-refractivity contribution in [1.82, 2.24) is 4.90 Å². The zero-order valence-corrected chi connectivity index (χ0v) is 13.1. The number of nitrogens with zero attached hydrogens (tertiary/aromatic N) is 1. The number of nitrogens with one attached hydrogen (secondary N) is 1. The summed E-state index contributed by atoms with van der Waals surface area (Å²) < 4.78 is 0. The monoisotopic (exact) mass is 310 g/mol. The van der Waals surface area contributed by atoms with Gasteiger partial charge in [0.15, 0.2) is 0 Å². The summed E-state index contributed by atoms with van der Waals surface area (Å²) in [5.74, 6) is -1.07. The average Bonchev–Trinajstić information content (AvgIpc) is 2.36. The van der Waals surface area contributed by atoms with E-state index in [1.54, 1.807) is 11.0 Å². The number of amides is 2. The molecule has 0 aliphatic carbocycles. The molecule has 0 heterocycles. The number of halogens is 1. The number of carbonyl (C=O) groups excluding carboxylic acids is 1. The van der Waals surface area contributed by atoms with Crippen LogP contribution in [0, 0.1) is 0 Å². The van der Waals surface area contributed by atoms with Crippen molar-refractivity contribution < 1.29 is 14.7 Å². The third kappa shape index (κ3) is 4.49. The number of aromatic carboxylic acids is 1. The Morgan fingerprint density at radius 2 is 2.05 bits per heavy atom. The van der Waals surface area contributed by atoms with Crippen LogP contribution in [-0.2, 0) is 0 Å². The first-order valence-electron chi connectivity index (χ1n) is 6.39. The molecule has 0 aromatic heterocycles. The molecule has 21 heavy (non-hydrogen) atoms. The van der Waals surface area contributed by atoms with Gasteiger partial charge in [0.1, 0.15) is 0 Å². The average molecular weight is 311 g/mol. The smallest absolute Gasteiger partial charge is 0.335 e. The Bertz CT molecular complexity index is 565. The molecule has 0 saturated heterocycles. The normalized spacial score (nSPS) is 10.9. The van der Waals surface area contributed by atoms with E-state index in [0.717, 1.165) is 0 Å². The van der Waals surface area contributed by atoms with Crippen LogP contribution in [0.3, 0.4) is 0 Å². The number of anilines is 1. The lowest BCUT2D eigenvalue weighted by molar-refractivity contribution is 0.0697. The number of carboxylic acid groups (broad SMARTS) is 1. The molecule has 5 nitrogen and oxygen atoms in total. The van der Waals surface area contributed by atoms with E-state index in [0.29, 0.717) is 12.2 Å². The fourth-order valence-electron chi connectivity index (χ4n) is 1.72. The van der Waals surface area contributed by atoms with E-state index in [-0.39, 0.29) is 22.2 Å². The number of carbonyl (C=O) groups is 2. The number of rotatable bonds is 4. The van der Waals surface area contributed by atoms with Gasteiger partial charge in [0, 0.05) is 12.1 Å². The van der Waals surface area contributed by atoms with E-state index in [2.05, 4.69) is 11.9 Å². The van der Waals surface area contributed by atoms with Crippen LogP contribution in [0.4, 0.5) is 10.5 Å². The quantitative estimate of drug-likeness (QED) is 0.830. The van der Waals surface area contributed by atoms with Gasteiger partial charge in [0.25, 0.3) is 0 Å². The van der Waals surface area contributed by atoms with Crippen molar-refractivity contribution in [3.63, 3.8) is 0 Å². The van der Waals surface area contributed by atoms with E-state index >= 15 is 0 Å². The Balaban J connectivity index is 2.96. The molecule has 0 unspecified atom stereocenters. The van der Waals surface area contributed by atoms with Gasteiger partial charge in [-0.3, -0.25) is 0 Å². The van der Waals surface area contributed by atoms with Crippen molar-refractivity contribution in [2.24, 2.45) is 0 Å². The highest BCUT2D eigenvalue weighted by molar-refractivity contribution is 6.34. The highest BCUT2D eigenvalue weighted by Crippen LogP contribution is 2.24. The van der Waals surface area contributed by atoms with Crippen LogP contribution in [0.2, 0.25) is 5.02 Å². The summed E-state index contributed by atoms with van der Waals surface area (Å²) in [5.41, 5.74) is 0.0490. The Morgan fingerprint density at radius 1 is 1.43 bits per heavy atom. The largest absolute Gasteiger partial charge is 0.478 e. The highest BCUT2D eigenvalue weighted by Gasteiger charge is 2.25. The fraction of sp³-hybridized carbons (Fsp3) is 0.333. The van der Waals surface area contributed by atoms with Crippen molar-refractivity contribution in [2.75, 3.05) is 11.9 Å². The van der Waals surface area contributed by atoms with Crippen molar-refractivity contribution in [3.8, 4) is 0 Å². The van der Waals surface area contributed by atoms with Gasteiger partial charge in [0.2, 0.25) is 0 Å². The van der Waals surface area contributed by atoms with Gasteiger partial charge >= 0.3 is 12.0 Å². The highest BCUT2D eigenvalue weighted by atomic mass is 35.5. The number of hydrogen-bond acceptors (Lipinski definition) is 2. The third-order valence-electron chi connectivity index (χ3n) is 2.82. The van der Waals surface area contributed by atoms with E-state index in [1.807, 2.05) is 20.8 Å². The fourth-order valence-corrected chi connectivity index (χ4v) is 1.95. The van der Waals surface area contributed by atoms with E-state index in [1.165, 1.54) is 18.2 Å². The molecule has 2 N–H and O–H groups in total. The first-order valence-corrected chi connectivity index (χ1v) is 6.77. The van der Waals surface area contributed by atoms with Gasteiger partial charge in [-0.15, -0.1) is 6.58 Å². The van der Waals surface area contributed by atoms with Crippen LogP contribution in [0.5, 0.6) is 0 Å². The van der Waals surface area contributed by atoms with Crippen LogP contribution in [-0.4, -0.2) is 34.1 Å². The van der Waals surface area contributed by atoms with Crippen molar-refractivity contribution >= 4 is 29.3 Å². The molecule has 0 saturated carbocycles. The van der Waals surface area contributed by atoms with E-state index < -0.39 is 5.97 Å². The Hall–Kier alpha value is -2.01. The molecule has 6 heteroatoms. The van der Waals surface area contributed by atoms with Crippen LogP contribution in [0.1, 0.15) is 31.1 Å². The van der Waals surface area contributed by atoms with Gasteiger partial charge in [-0.25, -0.2) is 9.59 Å². The molecule has 1 aromatic carbocycles. The number of benzene rings is 1. The summed E-state index contributed by atoms with van der Waals surface area (Å²) in [5, 5.41) is 11.7. The first kappa shape index (κ1) is 17.0. The molecule has 2 amide bonds. The van der Waals surface area contributed by atoms with Crippen LogP contribution < -0.4 is 5.32 Å². The van der Waals surface area contributed by atoms with Crippen molar-refractivity contribution in [3.05, 3.63) is 41.4 Å². The molecule has 0 fully saturated rings. The molecule has 0 atom stereocenters. The number of carboxylic acids is 1. The molecule has 1 rings (SSSR count). The summed E-state index contributed by atoms with van der Waals surface area (Å²) >= 11 is 6.00. The van der Waals surface area contributed by atoms with Crippen LogP contribution in [0.25, 0.3) is 0 Å². The molecule has 114 valence electrons. The van der Waals surface area contributed by atoms with Crippen molar-refractivity contribution in [2.45, 2.75) is 26.3 Å². The maximum Gasteiger partial charge on any atom is 0.335 e. The molecule has 0 aliphatic rings. The van der Waals surface area contributed by atoms with Crippen LogP contribution >= 0.6 is 11.6 Å². The summed E-state index contributed by atoms with van der Waals surface area (Å²) in [6.45, 7) is 9.75. The number of urea groups is 1. The molecule has 0 bridgehead atoms. The zero-order chi connectivity index (χ0) is 16.2. The lowest BCUT2D eigenvalue weighted by Crippen LogP contribution is -2.47. The first-order chi connectivity index (χ1) is 9.66. The molecule has 0 spiro atoms. The van der Waals surface area contributed by atoms with Crippen LogP contribution in [0.15, 0.2) is 30.9 Å². The summed E-state index contributed by atoms with van der Waals surface area (Å²) in [4.78, 5) is 24.8. The topological polar surface area (TPSA) is 69.6 Å². The number of hydrogen-bond donors (Lipinski definition) is 2. The molecular weight excluding hydrogens is 292 g/mol. The second-order valence-corrected chi connectivity index (χ2v) is 5.91. The minimum Gasteiger partial charge on any atom is -0.478 e. The van der Waals surface area contributed by atoms with Gasteiger partial charge in [-0.2, -0.15) is 0 Å². The molecule has 0 aliphatic heterocycles. The van der Waals surface area contributed by atoms with Gasteiger partial charge < -0.3 is 15.3 Å². The second kappa shape index (κ2) is 6.63. The van der Waals surface area contributed by atoms with Gasteiger partial charge in [-0.1, -0.05) is 17.7 Å². The standard InChI is InChI=1S/C15H19ClN2O3/c1-5-8-18(15(2,3)4)14(21)17-12-7-6-10(13(19)20)9-11(12)16/h5-7,9H,1,8H2,2-4H3,(H,17,21)(H,19,20). The molecule has 1 aromatic rings. The second-order valence-electron chi connectivity index (χ2n) is 5.50. The minimum atomic E-state index is -1.07. The Morgan fingerprint density at radius 3 is 2.48 bits per heavy atom. The lowest BCUT2D eigenvalue weighted by atomic mass is 10.1. The third-order valence-corrected chi connectivity index (χ3v) is 3.14. The lowest BCUT2D eigenvalue weighted by Gasteiger charge is -2.34. The van der Waals surface area contributed by atoms with Crippen molar-refractivity contribution in [1.29, 1.82) is 0 Å². The SMILES string of the molecule is C=CCN(C(=O)Nc1ccc(C(=O)O)cc1Cl)C(C)(C)C. The van der Waals surface area contributed by atoms with Gasteiger partial charge in [0.05, 0.1) is 16.3 Å². The van der Waals surface area contributed by atoms with E-state index in [9.17, 15) is 9.59 Å². The molecule has 0 radical (unpaired) electrons. The molecular formula is C15H19ClN2O3. The summed E-state index contributed by atoms with van der Waals surface area (Å²) in [7, 11) is 0. The van der Waals surface area contributed by atoms with E-state index in [4.69, 9.17) is 16.7 Å². The zero-order valence-electron chi connectivity index (χ0n) is 12.3. The van der Waals surface area contributed by atoms with Gasteiger partial charge in [-0.05, 0) is 39.0 Å². The maximum atomic E-state index is 12.3. The Kier molecular flexibility index (Phi) is 5.38. The Labute approximate surface area is 129 Å².